The molecule has 6 heterocycles. The minimum absolute atomic E-state index is 0.0112. The lowest BCUT2D eigenvalue weighted by Crippen LogP contribution is -2.40. The average molecular weight is 1930 g/mol. The van der Waals surface area contributed by atoms with Crippen molar-refractivity contribution in [2.45, 2.75) is 207 Å². The Morgan fingerprint density at radius 1 is 0.361 bits per heavy atom. The van der Waals surface area contributed by atoms with E-state index in [0.717, 1.165) is 173 Å². The van der Waals surface area contributed by atoms with Gasteiger partial charge in [-0.25, -0.2) is 0 Å². The number of carbonyl (C=O) groups is 1. The Bertz CT molecular complexity index is 6220. The monoisotopic (exact) mass is 1920 g/mol. The molecule has 12 aromatic carbocycles. The number of aldehydes is 1. The molecule has 0 saturated carbocycles. The Labute approximate surface area is 815 Å². The van der Waals surface area contributed by atoms with Crippen LogP contribution in [0.2, 0.25) is 0 Å². The molecular weight excluding hydrogens is 1790 g/mol. The molecule has 24 heteroatoms. The lowest BCUT2D eigenvalue weighted by atomic mass is 9.92. The van der Waals surface area contributed by atoms with Crippen molar-refractivity contribution >= 4 is 186 Å². The summed E-state index contributed by atoms with van der Waals surface area (Å²) in [5, 5.41) is 83.4. The molecule has 0 aromatic heterocycles. The molecule has 12 aromatic rings. The number of methoxy groups -OCH3 is 1. The van der Waals surface area contributed by atoms with E-state index >= 15 is 0 Å². The molecule has 6 aliphatic rings. The number of aliphatic hydroxyl groups is 1. The van der Waals surface area contributed by atoms with Crippen LogP contribution in [0, 0.1) is 0 Å². The van der Waals surface area contributed by atoms with Crippen molar-refractivity contribution in [3.8, 4) is 46.0 Å². The van der Waals surface area contributed by atoms with E-state index in [9.17, 15) is 40.5 Å². The van der Waals surface area contributed by atoms with E-state index in [-0.39, 0.29) is 98.3 Å². The first-order valence-electron chi connectivity index (χ1n) is 46.0. The third kappa shape index (κ3) is 19.3. The molecule has 0 aliphatic carbocycles. The lowest BCUT2D eigenvalue weighted by Gasteiger charge is -2.35. The zero-order chi connectivity index (χ0) is 97.3. The maximum absolute atomic E-state index is 11.5. The molecule has 0 amide bonds. The van der Waals surface area contributed by atoms with Crippen molar-refractivity contribution in [3.05, 3.63) is 190 Å². The Hall–Kier alpha value is -9.63. The van der Waals surface area contributed by atoms with E-state index < -0.39 is 0 Å². The summed E-state index contributed by atoms with van der Waals surface area (Å²) in [6.07, 6.45) is 0.854. The van der Waals surface area contributed by atoms with Crippen LogP contribution in [-0.4, -0.2) is 178 Å². The summed E-state index contributed by atoms with van der Waals surface area (Å²) >= 11 is 37.5. The molecule has 712 valence electrons. The highest BCUT2D eigenvalue weighted by Gasteiger charge is 2.44. The molecule has 0 fully saturated rings. The number of phenolic OH excluding ortho intramolecular Hbond substituents is 6. The summed E-state index contributed by atoms with van der Waals surface area (Å²) in [5.41, 5.74) is 22.6. The first-order chi connectivity index (χ1) is 62.6. The zero-order valence-corrected chi connectivity index (χ0v) is 85.7. The molecule has 0 saturated heterocycles. The van der Waals surface area contributed by atoms with Gasteiger partial charge in [-0.05, 0) is 200 Å². The predicted octanol–water partition coefficient (Wildman–Crippen LogP) is 26.3. The van der Waals surface area contributed by atoms with Gasteiger partial charge in [-0.15, -0.1) is 69.6 Å². The maximum Gasteiger partial charge on any atom is 0.150 e. The van der Waals surface area contributed by atoms with Crippen LogP contribution < -0.4 is 49.5 Å². The fourth-order valence-corrected chi connectivity index (χ4v) is 22.3. The molecule has 9 N–H and O–H groups in total. The van der Waals surface area contributed by atoms with Crippen LogP contribution in [0.25, 0.3) is 64.6 Å². The predicted molar refractivity (Wildman–Crippen MR) is 565 cm³/mol. The van der Waals surface area contributed by atoms with Gasteiger partial charge in [0, 0.05) is 304 Å². The molecule has 0 spiro atoms. The first-order valence-corrected chi connectivity index (χ1v) is 49.2. The molecule has 6 aliphatic heterocycles. The van der Waals surface area contributed by atoms with E-state index in [1.807, 2.05) is 148 Å². The van der Waals surface area contributed by atoms with Gasteiger partial charge >= 0.3 is 0 Å². The van der Waals surface area contributed by atoms with Gasteiger partial charge in [0.15, 0.2) is 6.29 Å². The van der Waals surface area contributed by atoms with Gasteiger partial charge in [-0.1, -0.05) is 84.9 Å². The van der Waals surface area contributed by atoms with Crippen LogP contribution in [0.5, 0.6) is 46.0 Å². The molecule has 0 bridgehead atoms. The lowest BCUT2D eigenvalue weighted by molar-refractivity contribution is 0.112. The number of phenols is 6. The summed E-state index contributed by atoms with van der Waals surface area (Å²) in [6.45, 7) is 46.7. The minimum atomic E-state index is -0.0776. The van der Waals surface area contributed by atoms with Crippen LogP contribution in [0.3, 0.4) is 0 Å². The molecule has 133 heavy (non-hydrogen) atoms. The smallest absolute Gasteiger partial charge is 0.150 e. The van der Waals surface area contributed by atoms with E-state index in [1.54, 1.807) is 19.2 Å². The number of aromatic hydroxyl groups is 6. The number of benzene rings is 12. The van der Waals surface area contributed by atoms with E-state index in [1.165, 1.54) is 22.3 Å². The Morgan fingerprint density at radius 2 is 0.617 bits per heavy atom. The number of halogens is 6. The summed E-state index contributed by atoms with van der Waals surface area (Å²) in [6, 6.07) is 45.6. The van der Waals surface area contributed by atoms with Gasteiger partial charge in [0.1, 0.15) is 46.0 Å². The molecule has 0 unspecified atom stereocenters. The van der Waals surface area contributed by atoms with Gasteiger partial charge < -0.3 is 85.3 Å². The number of alkyl halides is 6. The van der Waals surface area contributed by atoms with Crippen molar-refractivity contribution in [2.75, 3.05) is 142 Å². The summed E-state index contributed by atoms with van der Waals surface area (Å²) in [7, 11) is 5.74. The highest BCUT2D eigenvalue weighted by Crippen LogP contribution is 2.57. The number of aliphatic hydroxyl groups excluding tert-OH is 1. The fraction of sp³-hybridized carbons (Fsp3) is 0.440. The standard InChI is InChI=1S/C19H25ClN2O.C19H24ClNO2.2C18H22ClNO2.C18H20ClNO2.C17H21ClN2O/c1-19(2,3)22-11-12(10-20)17-15(22)9-16(23)13-7-6-8-14(18(13)17)21(4)5;1-5-23-16-8-6-7-13-15(22)9-14-17(18(13)16)12(10-20)11-21(14)19(2,3)4;1-18(2,3)20-10-11(9-19)16-13(20)8-14(21)12-6-5-7-15(22-4)17(12)16;2*1-18(2,3)20-9-12(8-19)17-14(20)7-15(22)13-6-4-5-11(10-21)16(13)17;1-17(2,3)20-9-10(8-18)15-13(20)7-14(21)11-5-4-6-12(19)16(11)15/h6-9,12,23H,10-11H2,1-5H3;6-9,12,22H,5,10-11H2,1-4H3;5-8,11,21H,9-10H2,1-4H3;4-7,12,21-22H,8-10H2,1-3H3;4-7,10,12,22H,8-9H2,1-3H3;4-7,10,21H,8-9,19H2,1-3H3/t2*12-;11-;2*12-;10-/m111111/s1. The molecule has 0 radical (unpaired) electrons. The number of rotatable bonds is 12. The quantitative estimate of drug-likeness (QED) is 0.0323. The Kier molecular flexibility index (Phi) is 29.7. The van der Waals surface area contributed by atoms with E-state index in [0.29, 0.717) is 70.0 Å². The third-order valence-corrected chi connectivity index (χ3v) is 29.1. The van der Waals surface area contributed by atoms with Crippen molar-refractivity contribution in [1.82, 2.24) is 0 Å². The minimum Gasteiger partial charge on any atom is -0.507 e. The maximum atomic E-state index is 11.5. The average Bonchev–Trinajstić information content (AvgIpc) is 1.65. The number of hydrogen-bond acceptors (Lipinski definition) is 18. The van der Waals surface area contributed by atoms with E-state index in [2.05, 4.69) is 165 Å². The first kappa shape index (κ1) is 101. The fourth-order valence-electron chi connectivity index (χ4n) is 20.8. The third-order valence-electron chi connectivity index (χ3n) is 26.9. The van der Waals surface area contributed by atoms with Crippen LogP contribution in [0.4, 0.5) is 45.5 Å². The summed E-state index contributed by atoms with van der Waals surface area (Å²) in [4.78, 5) is 27.5. The molecule has 18 rings (SSSR count). The van der Waals surface area contributed by atoms with Crippen molar-refractivity contribution in [1.29, 1.82) is 0 Å². The van der Waals surface area contributed by atoms with Crippen LogP contribution in [0.15, 0.2) is 146 Å². The SMILES string of the molecule is CC(C)(C)N1C[C@@H](CCl)c2c1cc(O)c1cccc(C=O)c21.CC(C)(C)N1C[C@@H](CCl)c2c1cc(O)c1cccc(CO)c21.CC(C)(C)N1C[C@@H](CCl)c2c1cc(O)c1cccc(N)c21.CCOc1cccc2c(O)cc3c(c12)[C@H](CCl)CN3C(C)(C)C.CN(C)c1cccc2c(O)cc3c(c12)[C@H](CCl)CN3C(C)(C)C.COc1cccc2c(O)cc3c(c12)[C@H](CCl)CN3C(C)(C)C. The number of nitrogens with zero attached hydrogens (tertiary/aromatic N) is 7. The number of nitrogens with two attached hydrogens (primary N) is 1. The van der Waals surface area contributed by atoms with Crippen molar-refractivity contribution < 1.29 is 50.0 Å². The molecule has 18 nitrogen and oxygen atoms in total. The Balaban J connectivity index is 0.000000136. The van der Waals surface area contributed by atoms with Gasteiger partial charge in [-0.2, -0.15) is 0 Å². The van der Waals surface area contributed by atoms with Gasteiger partial charge in [0.2, 0.25) is 0 Å². The molecular formula is C109H134Cl6N8O10. The largest absolute Gasteiger partial charge is 0.507 e. The van der Waals surface area contributed by atoms with Gasteiger partial charge in [0.25, 0.3) is 0 Å². The number of nitrogen functional groups attached to an aromatic ring is 1. The van der Waals surface area contributed by atoms with Gasteiger partial charge in [-0.3, -0.25) is 4.79 Å². The number of ether oxygens (including phenoxy) is 2. The normalized spacial score (nSPS) is 17.9. The second-order valence-corrected chi connectivity index (χ2v) is 43.9. The number of fused-ring (bicyclic) bond motifs is 18. The van der Waals surface area contributed by atoms with Crippen LogP contribution in [-0.2, 0) is 6.61 Å². The topological polar surface area (TPSA) is 226 Å². The summed E-state index contributed by atoms with van der Waals surface area (Å²) in [5.74, 6) is 7.86. The van der Waals surface area contributed by atoms with Crippen LogP contribution >= 0.6 is 69.6 Å². The van der Waals surface area contributed by atoms with E-state index in [4.69, 9.17) is 84.8 Å². The number of hydrogen-bond donors (Lipinski definition) is 8. The van der Waals surface area contributed by atoms with Crippen LogP contribution in [0.1, 0.15) is 216 Å². The van der Waals surface area contributed by atoms with Crippen molar-refractivity contribution in [3.63, 3.8) is 0 Å². The highest BCUT2D eigenvalue weighted by atomic mass is 35.5. The molecule has 6 atom stereocenters. The second kappa shape index (κ2) is 39.2. The van der Waals surface area contributed by atoms with Gasteiger partial charge in [0.05, 0.1) is 20.3 Å². The Morgan fingerprint density at radius 3 is 0.925 bits per heavy atom. The summed E-state index contributed by atoms with van der Waals surface area (Å²) < 4.78 is 11.4. The van der Waals surface area contributed by atoms with Crippen molar-refractivity contribution in [2.24, 2.45) is 0 Å². The number of carbonyl (C=O) groups excluding carboxylic acids is 1. The number of anilines is 8. The highest BCUT2D eigenvalue weighted by molar-refractivity contribution is 6.22. The zero-order valence-electron chi connectivity index (χ0n) is 81.1. The second-order valence-electron chi connectivity index (χ2n) is 42.0.